The van der Waals surface area contributed by atoms with E-state index in [4.69, 9.17) is 14.2 Å². The van der Waals surface area contributed by atoms with Crippen molar-refractivity contribution in [3.05, 3.63) is 59.2 Å². The van der Waals surface area contributed by atoms with Gasteiger partial charge in [0, 0.05) is 32.0 Å². The van der Waals surface area contributed by atoms with Crippen molar-refractivity contribution in [2.75, 3.05) is 26.3 Å². The van der Waals surface area contributed by atoms with E-state index in [1.54, 1.807) is 12.2 Å². The van der Waals surface area contributed by atoms with E-state index in [1.165, 1.54) is 0 Å². The molecule has 0 saturated carbocycles. The molecule has 3 heterocycles. The molecule has 0 N–H and O–H groups in total. The lowest BCUT2D eigenvalue weighted by molar-refractivity contribution is -0.129. The third kappa shape index (κ3) is 3.90. The number of amides is 1. The van der Waals surface area contributed by atoms with E-state index >= 15 is 0 Å². The highest BCUT2D eigenvalue weighted by molar-refractivity contribution is 6.00. The zero-order chi connectivity index (χ0) is 21.4. The van der Waals surface area contributed by atoms with Crippen LogP contribution in [0.3, 0.4) is 0 Å². The number of fused-ring (bicyclic) bond motifs is 2. The van der Waals surface area contributed by atoms with Crippen LogP contribution in [0.2, 0.25) is 0 Å². The van der Waals surface area contributed by atoms with Gasteiger partial charge >= 0.3 is 0 Å². The Morgan fingerprint density at radius 1 is 1.00 bits per heavy atom. The summed E-state index contributed by atoms with van der Waals surface area (Å²) >= 11 is 0. The van der Waals surface area contributed by atoms with E-state index in [1.807, 2.05) is 48.2 Å². The Morgan fingerprint density at radius 2 is 1.74 bits per heavy atom. The van der Waals surface area contributed by atoms with Crippen molar-refractivity contribution in [1.29, 1.82) is 0 Å². The van der Waals surface area contributed by atoms with Crippen molar-refractivity contribution in [3.8, 4) is 17.2 Å². The Bertz CT molecular complexity index is 1070. The maximum absolute atomic E-state index is 12.7. The summed E-state index contributed by atoms with van der Waals surface area (Å²) in [5.74, 6) is 2.19. The summed E-state index contributed by atoms with van der Waals surface area (Å²) in [5, 5.41) is 0. The van der Waals surface area contributed by atoms with Gasteiger partial charge in [-0.2, -0.15) is 0 Å². The zero-order valence-electron chi connectivity index (χ0n) is 17.6. The topological polar surface area (TPSA) is 65.1 Å². The SMILES string of the molecule is Cc1ccc2c(c1)C(=O)CC1(CCN(C(=O)/C=C\c3ccc4c(c3)OCCO4)CC1)O2. The molecule has 1 fully saturated rings. The molecule has 0 aliphatic carbocycles. The minimum atomic E-state index is -0.504. The second-order valence-corrected chi connectivity index (χ2v) is 8.45. The standard InChI is InChI=1S/C25H25NO5/c1-17-2-5-21-19(14-17)20(27)16-25(31-21)8-10-26(11-9-25)24(28)7-4-18-3-6-22-23(15-18)30-13-12-29-22/h2-7,14-15H,8-13,16H2,1H3/b7-4-. The molecule has 0 radical (unpaired) electrons. The molecule has 31 heavy (non-hydrogen) atoms. The molecule has 6 heteroatoms. The largest absolute Gasteiger partial charge is 0.486 e. The van der Waals surface area contributed by atoms with Gasteiger partial charge in [0.15, 0.2) is 17.3 Å². The summed E-state index contributed by atoms with van der Waals surface area (Å²) in [6.07, 6.45) is 5.06. The molecule has 0 aromatic heterocycles. The van der Waals surface area contributed by atoms with Crippen molar-refractivity contribution >= 4 is 17.8 Å². The van der Waals surface area contributed by atoms with Crippen LogP contribution in [0.5, 0.6) is 17.2 Å². The minimum absolute atomic E-state index is 0.0390. The highest BCUT2D eigenvalue weighted by Crippen LogP contribution is 2.39. The van der Waals surface area contributed by atoms with Gasteiger partial charge in [0.1, 0.15) is 24.6 Å². The number of piperidine rings is 1. The lowest BCUT2D eigenvalue weighted by Crippen LogP contribution is -2.52. The third-order valence-electron chi connectivity index (χ3n) is 6.22. The van der Waals surface area contributed by atoms with E-state index in [0.717, 1.165) is 16.9 Å². The second-order valence-electron chi connectivity index (χ2n) is 8.45. The summed E-state index contributed by atoms with van der Waals surface area (Å²) in [6.45, 7) is 4.19. The van der Waals surface area contributed by atoms with Crippen LogP contribution in [-0.2, 0) is 4.79 Å². The Morgan fingerprint density at radius 3 is 2.55 bits per heavy atom. The van der Waals surface area contributed by atoms with Crippen molar-refractivity contribution in [1.82, 2.24) is 4.90 Å². The molecule has 2 aromatic rings. The maximum atomic E-state index is 12.7. The fraction of sp³-hybridized carbons (Fsp3) is 0.360. The Hall–Kier alpha value is -3.28. The van der Waals surface area contributed by atoms with Gasteiger partial charge in [0.05, 0.1) is 12.0 Å². The van der Waals surface area contributed by atoms with E-state index in [0.29, 0.717) is 62.6 Å². The molecule has 3 aliphatic heterocycles. The first kappa shape index (κ1) is 19.7. The Labute approximate surface area is 181 Å². The monoisotopic (exact) mass is 419 g/mol. The van der Waals surface area contributed by atoms with Crippen LogP contribution in [0, 0.1) is 6.92 Å². The van der Waals surface area contributed by atoms with E-state index in [2.05, 4.69) is 0 Å². The number of carbonyl (C=O) groups excluding carboxylic acids is 2. The quantitative estimate of drug-likeness (QED) is 0.693. The van der Waals surface area contributed by atoms with Crippen LogP contribution in [0.25, 0.3) is 6.08 Å². The molecule has 160 valence electrons. The van der Waals surface area contributed by atoms with Gasteiger partial charge in [-0.3, -0.25) is 9.59 Å². The number of ether oxygens (including phenoxy) is 3. The van der Waals surface area contributed by atoms with Gasteiger partial charge in [-0.25, -0.2) is 0 Å². The van der Waals surface area contributed by atoms with Gasteiger partial charge < -0.3 is 19.1 Å². The summed E-state index contributed by atoms with van der Waals surface area (Å²) in [4.78, 5) is 27.2. The van der Waals surface area contributed by atoms with Crippen LogP contribution in [-0.4, -0.2) is 48.5 Å². The molecule has 1 saturated heterocycles. The summed E-state index contributed by atoms with van der Waals surface area (Å²) in [7, 11) is 0. The number of ketones is 1. The number of carbonyl (C=O) groups is 2. The first-order chi connectivity index (χ1) is 15.0. The Balaban J connectivity index is 1.22. The smallest absolute Gasteiger partial charge is 0.246 e. The molecule has 0 atom stereocenters. The number of Topliss-reactive ketones (excluding diaryl/α,β-unsaturated/α-hetero) is 1. The van der Waals surface area contributed by atoms with Gasteiger partial charge in [-0.05, 0) is 42.8 Å². The lowest BCUT2D eigenvalue weighted by Gasteiger charge is -2.43. The van der Waals surface area contributed by atoms with Crippen molar-refractivity contribution < 1.29 is 23.8 Å². The number of rotatable bonds is 2. The van der Waals surface area contributed by atoms with E-state index in [-0.39, 0.29) is 11.7 Å². The van der Waals surface area contributed by atoms with Gasteiger partial charge in [-0.15, -0.1) is 0 Å². The predicted molar refractivity (Wildman–Crippen MR) is 116 cm³/mol. The summed E-state index contributed by atoms with van der Waals surface area (Å²) in [6, 6.07) is 11.4. The number of hydrogen-bond acceptors (Lipinski definition) is 5. The molecular formula is C25H25NO5. The fourth-order valence-electron chi connectivity index (χ4n) is 4.46. The number of nitrogens with zero attached hydrogens (tertiary/aromatic N) is 1. The van der Waals surface area contributed by atoms with Crippen LogP contribution < -0.4 is 14.2 Å². The van der Waals surface area contributed by atoms with Crippen molar-refractivity contribution in [2.24, 2.45) is 0 Å². The normalized spacial score (nSPS) is 19.3. The molecule has 1 spiro atoms. The molecule has 1 amide bonds. The van der Waals surface area contributed by atoms with E-state index in [9.17, 15) is 9.59 Å². The number of aryl methyl sites for hydroxylation is 1. The summed E-state index contributed by atoms with van der Waals surface area (Å²) < 4.78 is 17.4. The van der Waals surface area contributed by atoms with Crippen LogP contribution >= 0.6 is 0 Å². The van der Waals surface area contributed by atoms with Gasteiger partial charge in [0.25, 0.3) is 0 Å². The molecule has 0 unspecified atom stereocenters. The molecule has 3 aliphatic rings. The summed E-state index contributed by atoms with van der Waals surface area (Å²) in [5.41, 5.74) is 2.11. The molecule has 0 bridgehead atoms. The number of hydrogen-bond donors (Lipinski definition) is 0. The van der Waals surface area contributed by atoms with Gasteiger partial charge in [-0.1, -0.05) is 17.7 Å². The van der Waals surface area contributed by atoms with Crippen molar-refractivity contribution in [3.63, 3.8) is 0 Å². The minimum Gasteiger partial charge on any atom is -0.486 e. The van der Waals surface area contributed by atoms with Crippen molar-refractivity contribution in [2.45, 2.75) is 31.8 Å². The lowest BCUT2D eigenvalue weighted by atomic mass is 9.82. The highest BCUT2D eigenvalue weighted by atomic mass is 16.6. The maximum Gasteiger partial charge on any atom is 0.246 e. The molecular weight excluding hydrogens is 394 g/mol. The van der Waals surface area contributed by atoms with Crippen LogP contribution in [0.1, 0.15) is 40.7 Å². The second kappa shape index (κ2) is 7.76. The first-order valence-electron chi connectivity index (χ1n) is 10.7. The van der Waals surface area contributed by atoms with Crippen LogP contribution in [0.15, 0.2) is 42.5 Å². The van der Waals surface area contributed by atoms with Gasteiger partial charge in [0.2, 0.25) is 5.91 Å². The number of likely N-dealkylation sites (tertiary alicyclic amines) is 1. The first-order valence-corrected chi connectivity index (χ1v) is 10.7. The molecule has 2 aromatic carbocycles. The average molecular weight is 419 g/mol. The Kier molecular flexibility index (Phi) is 4.93. The predicted octanol–water partition coefficient (Wildman–Crippen LogP) is 3.81. The van der Waals surface area contributed by atoms with E-state index < -0.39 is 5.60 Å². The third-order valence-corrected chi connectivity index (χ3v) is 6.22. The fourth-order valence-corrected chi connectivity index (χ4v) is 4.46. The highest BCUT2D eigenvalue weighted by Gasteiger charge is 2.43. The molecule has 5 rings (SSSR count). The zero-order valence-corrected chi connectivity index (χ0v) is 17.6. The average Bonchev–Trinajstić information content (AvgIpc) is 2.78. The number of benzene rings is 2. The molecule has 6 nitrogen and oxygen atoms in total. The van der Waals surface area contributed by atoms with Crippen LogP contribution in [0.4, 0.5) is 0 Å².